The second kappa shape index (κ2) is 9.32. The number of morpholine rings is 1. The van der Waals surface area contributed by atoms with Crippen LogP contribution < -0.4 is 5.32 Å². The maximum absolute atomic E-state index is 12.9. The van der Waals surface area contributed by atoms with E-state index in [1.54, 1.807) is 4.90 Å². The first-order valence-corrected chi connectivity index (χ1v) is 9.87. The third-order valence-corrected chi connectivity index (χ3v) is 5.44. The van der Waals surface area contributed by atoms with E-state index in [1.807, 2.05) is 4.90 Å². The number of rotatable bonds is 4. The van der Waals surface area contributed by atoms with Gasteiger partial charge in [-0.2, -0.15) is 13.2 Å². The fourth-order valence-electron chi connectivity index (χ4n) is 3.63. The van der Waals surface area contributed by atoms with E-state index in [0.717, 1.165) is 31.0 Å². The van der Waals surface area contributed by atoms with Crippen LogP contribution in [-0.4, -0.2) is 67.6 Å². The van der Waals surface area contributed by atoms with Gasteiger partial charge in [-0.3, -0.25) is 14.5 Å². The first-order valence-electron chi connectivity index (χ1n) is 9.49. The van der Waals surface area contributed by atoms with Gasteiger partial charge in [-0.15, -0.1) is 0 Å². The average Bonchev–Trinajstić information content (AvgIpc) is 2.69. The van der Waals surface area contributed by atoms with Crippen LogP contribution >= 0.6 is 11.6 Å². The topological polar surface area (TPSA) is 61.9 Å². The SMILES string of the molecule is O=C(CN1CCCC(C(=O)N2CCOCC2)C1)Nc1cc(C(F)(F)F)ccc1Cl. The summed E-state index contributed by atoms with van der Waals surface area (Å²) in [6.45, 7) is 3.29. The lowest BCUT2D eigenvalue weighted by Crippen LogP contribution is -2.49. The van der Waals surface area contributed by atoms with Gasteiger partial charge in [0.2, 0.25) is 11.8 Å². The van der Waals surface area contributed by atoms with Crippen LogP contribution in [-0.2, 0) is 20.5 Å². The molecule has 10 heteroatoms. The Labute approximate surface area is 171 Å². The molecule has 2 amide bonds. The van der Waals surface area contributed by atoms with Crippen LogP contribution in [0.5, 0.6) is 0 Å². The van der Waals surface area contributed by atoms with Gasteiger partial charge in [0.05, 0.1) is 41.9 Å². The van der Waals surface area contributed by atoms with Gasteiger partial charge in [0.25, 0.3) is 0 Å². The van der Waals surface area contributed by atoms with Gasteiger partial charge in [0.1, 0.15) is 0 Å². The minimum absolute atomic E-state index is 0.0144. The highest BCUT2D eigenvalue weighted by Crippen LogP contribution is 2.33. The van der Waals surface area contributed by atoms with Gasteiger partial charge < -0.3 is 15.0 Å². The van der Waals surface area contributed by atoms with Crippen LogP contribution in [0.25, 0.3) is 0 Å². The van der Waals surface area contributed by atoms with Crippen LogP contribution in [0.3, 0.4) is 0 Å². The summed E-state index contributed by atoms with van der Waals surface area (Å²) in [6, 6.07) is 2.80. The van der Waals surface area contributed by atoms with E-state index in [-0.39, 0.29) is 29.1 Å². The number of nitrogens with one attached hydrogen (secondary N) is 1. The zero-order valence-corrected chi connectivity index (χ0v) is 16.6. The third kappa shape index (κ3) is 5.83. The van der Waals surface area contributed by atoms with E-state index in [9.17, 15) is 22.8 Å². The number of amides is 2. The number of hydrogen-bond acceptors (Lipinski definition) is 4. The minimum Gasteiger partial charge on any atom is -0.378 e. The maximum atomic E-state index is 12.9. The summed E-state index contributed by atoms with van der Waals surface area (Å²) in [5.74, 6) is -0.586. The van der Waals surface area contributed by atoms with E-state index >= 15 is 0 Å². The number of anilines is 1. The molecule has 29 heavy (non-hydrogen) atoms. The average molecular weight is 434 g/mol. The lowest BCUT2D eigenvalue weighted by Gasteiger charge is -2.35. The molecule has 0 aliphatic carbocycles. The molecule has 0 saturated carbocycles. The first kappa shape index (κ1) is 21.9. The van der Waals surface area contributed by atoms with Crippen molar-refractivity contribution in [1.29, 1.82) is 0 Å². The Balaban J connectivity index is 1.57. The number of carbonyl (C=O) groups is 2. The van der Waals surface area contributed by atoms with Crippen LogP contribution in [0.1, 0.15) is 18.4 Å². The molecule has 0 aromatic heterocycles. The summed E-state index contributed by atoms with van der Waals surface area (Å²) in [7, 11) is 0. The largest absolute Gasteiger partial charge is 0.416 e. The molecule has 1 atom stereocenters. The van der Waals surface area contributed by atoms with E-state index < -0.39 is 17.6 Å². The third-order valence-electron chi connectivity index (χ3n) is 5.11. The monoisotopic (exact) mass is 433 g/mol. The van der Waals surface area contributed by atoms with Crippen molar-refractivity contribution in [3.05, 3.63) is 28.8 Å². The van der Waals surface area contributed by atoms with Gasteiger partial charge in [-0.05, 0) is 37.6 Å². The van der Waals surface area contributed by atoms with Gasteiger partial charge >= 0.3 is 6.18 Å². The summed E-state index contributed by atoms with van der Waals surface area (Å²) < 4.78 is 43.9. The second-order valence-corrected chi connectivity index (χ2v) is 7.66. The Morgan fingerprint density at radius 3 is 2.62 bits per heavy atom. The number of hydrogen-bond donors (Lipinski definition) is 1. The Bertz CT molecular complexity index is 754. The molecule has 0 radical (unpaired) electrons. The number of piperidine rings is 1. The zero-order chi connectivity index (χ0) is 21.0. The van der Waals surface area contributed by atoms with Gasteiger partial charge in [-0.1, -0.05) is 11.6 Å². The lowest BCUT2D eigenvalue weighted by atomic mass is 9.96. The van der Waals surface area contributed by atoms with Crippen molar-refractivity contribution in [2.24, 2.45) is 5.92 Å². The van der Waals surface area contributed by atoms with E-state index in [1.165, 1.54) is 0 Å². The minimum atomic E-state index is -4.52. The molecule has 2 saturated heterocycles. The second-order valence-electron chi connectivity index (χ2n) is 7.25. The summed E-state index contributed by atoms with van der Waals surface area (Å²) >= 11 is 5.93. The standard InChI is InChI=1S/C19H23ClF3N3O3/c20-15-4-3-14(19(21,22)23)10-16(15)24-17(27)12-25-5-1-2-13(11-25)18(28)26-6-8-29-9-7-26/h3-4,10,13H,1-2,5-9,11-12H2,(H,24,27). The predicted octanol–water partition coefficient (Wildman–Crippen LogP) is 2.87. The van der Waals surface area contributed by atoms with E-state index in [0.29, 0.717) is 39.4 Å². The van der Waals surface area contributed by atoms with Gasteiger partial charge in [0.15, 0.2) is 0 Å². The summed E-state index contributed by atoms with van der Waals surface area (Å²) in [5.41, 5.74) is -0.962. The van der Waals surface area contributed by atoms with Crippen LogP contribution in [0.2, 0.25) is 5.02 Å². The maximum Gasteiger partial charge on any atom is 0.416 e. The first-order chi connectivity index (χ1) is 13.7. The molecular formula is C19H23ClF3N3O3. The fraction of sp³-hybridized carbons (Fsp3) is 0.579. The molecule has 0 bridgehead atoms. The molecule has 1 aromatic rings. The van der Waals surface area contributed by atoms with Crippen molar-refractivity contribution in [1.82, 2.24) is 9.80 Å². The molecule has 160 valence electrons. The Morgan fingerprint density at radius 1 is 1.21 bits per heavy atom. The molecular weight excluding hydrogens is 411 g/mol. The number of ether oxygens (including phenoxy) is 1. The predicted molar refractivity (Wildman–Crippen MR) is 102 cm³/mol. The molecule has 3 rings (SSSR count). The van der Waals surface area contributed by atoms with Crippen LogP contribution in [0.15, 0.2) is 18.2 Å². The molecule has 2 heterocycles. The molecule has 1 aromatic carbocycles. The molecule has 0 spiro atoms. The van der Waals surface area contributed by atoms with Gasteiger partial charge in [0, 0.05) is 19.6 Å². The van der Waals surface area contributed by atoms with Crippen LogP contribution in [0.4, 0.5) is 18.9 Å². The fourth-order valence-corrected chi connectivity index (χ4v) is 3.80. The van der Waals surface area contributed by atoms with E-state index in [4.69, 9.17) is 16.3 Å². The van der Waals surface area contributed by atoms with Crippen LogP contribution in [0, 0.1) is 5.92 Å². The molecule has 2 fully saturated rings. The van der Waals surface area contributed by atoms with Crippen molar-refractivity contribution < 1.29 is 27.5 Å². The summed E-state index contributed by atoms with van der Waals surface area (Å²) in [4.78, 5) is 28.7. The van der Waals surface area contributed by atoms with Crippen molar-refractivity contribution in [3.8, 4) is 0 Å². The van der Waals surface area contributed by atoms with Gasteiger partial charge in [-0.25, -0.2) is 0 Å². The van der Waals surface area contributed by atoms with Crippen molar-refractivity contribution in [3.63, 3.8) is 0 Å². The Kier molecular flexibility index (Phi) is 7.02. The van der Waals surface area contributed by atoms with Crippen molar-refractivity contribution >= 4 is 29.1 Å². The number of nitrogens with zero attached hydrogens (tertiary/aromatic N) is 2. The quantitative estimate of drug-likeness (QED) is 0.793. The number of alkyl halides is 3. The highest BCUT2D eigenvalue weighted by atomic mass is 35.5. The molecule has 1 N–H and O–H groups in total. The number of likely N-dealkylation sites (tertiary alicyclic amines) is 1. The Hall–Kier alpha value is -1.84. The number of carbonyl (C=O) groups excluding carboxylic acids is 2. The van der Waals surface area contributed by atoms with Crippen molar-refractivity contribution in [2.45, 2.75) is 19.0 Å². The smallest absolute Gasteiger partial charge is 0.378 e. The lowest BCUT2D eigenvalue weighted by molar-refractivity contribution is -0.142. The summed E-state index contributed by atoms with van der Waals surface area (Å²) in [6.07, 6.45) is -2.99. The molecule has 6 nitrogen and oxygen atoms in total. The molecule has 1 unspecified atom stereocenters. The highest BCUT2D eigenvalue weighted by Gasteiger charge is 2.32. The zero-order valence-electron chi connectivity index (χ0n) is 15.8. The normalized spacial score (nSPS) is 21.1. The van der Waals surface area contributed by atoms with Crippen molar-refractivity contribution in [2.75, 3.05) is 51.3 Å². The Morgan fingerprint density at radius 2 is 1.93 bits per heavy atom. The molecule has 2 aliphatic rings. The number of benzene rings is 1. The highest BCUT2D eigenvalue weighted by molar-refractivity contribution is 6.33. The number of halogens is 4. The molecule has 2 aliphatic heterocycles. The van der Waals surface area contributed by atoms with E-state index in [2.05, 4.69) is 5.32 Å². The summed E-state index contributed by atoms with van der Waals surface area (Å²) in [5, 5.41) is 2.49.